The molecule has 0 aliphatic carbocycles. The van der Waals surface area contributed by atoms with Gasteiger partial charge in [-0.05, 0) is 55.1 Å². The van der Waals surface area contributed by atoms with Gasteiger partial charge in [0.2, 0.25) is 0 Å². The Bertz CT molecular complexity index is 1360. The van der Waals surface area contributed by atoms with E-state index in [1.54, 1.807) is 0 Å². The fourth-order valence-corrected chi connectivity index (χ4v) is 5.03. The maximum absolute atomic E-state index is 13.2. The highest BCUT2D eigenvalue weighted by atomic mass is 35.5. The van der Waals surface area contributed by atoms with Gasteiger partial charge in [-0.1, -0.05) is 62.1 Å². The van der Waals surface area contributed by atoms with Crippen molar-refractivity contribution >= 4 is 58.9 Å². The number of nitrogens with one attached hydrogen (secondary N) is 1. The molecule has 8 heteroatoms. The van der Waals surface area contributed by atoms with Crippen molar-refractivity contribution in [1.82, 2.24) is 14.9 Å². The van der Waals surface area contributed by atoms with E-state index in [2.05, 4.69) is 29.6 Å². The van der Waals surface area contributed by atoms with Crippen molar-refractivity contribution in [2.45, 2.75) is 51.6 Å². The van der Waals surface area contributed by atoms with Crippen LogP contribution in [0.3, 0.4) is 0 Å². The molecular formula is C28H35Cl3N4O. The average Bonchev–Trinajstić information content (AvgIpc) is 3.21. The van der Waals surface area contributed by atoms with Crippen LogP contribution < -0.4 is 16.6 Å². The van der Waals surface area contributed by atoms with E-state index in [9.17, 15) is 4.79 Å². The van der Waals surface area contributed by atoms with Gasteiger partial charge in [0.05, 0.1) is 23.4 Å². The Kier molecular flexibility index (Phi) is 11.7. The number of fused-ring (bicyclic) bond motifs is 5. The molecule has 194 valence electrons. The molecule has 0 bridgehead atoms. The Hall–Kier alpha value is -2.15. The molecule has 36 heavy (non-hydrogen) atoms. The quantitative estimate of drug-likeness (QED) is 0.202. The second-order valence-corrected chi connectivity index (χ2v) is 9.03. The zero-order chi connectivity index (χ0) is 22.6. The predicted molar refractivity (Wildman–Crippen MR) is 158 cm³/mol. The lowest BCUT2D eigenvalue weighted by molar-refractivity contribution is 0.567. The highest BCUT2D eigenvalue weighted by Crippen LogP contribution is 2.36. The van der Waals surface area contributed by atoms with E-state index in [1.165, 1.54) is 48.6 Å². The van der Waals surface area contributed by atoms with E-state index in [0.29, 0.717) is 6.54 Å². The van der Waals surface area contributed by atoms with Crippen LogP contribution in [-0.4, -0.2) is 22.6 Å². The minimum Gasteiger partial charge on any atom is -0.330 e. The molecule has 1 aliphatic rings. The SMILES string of the molecule is Cl.Cl.Cl.NCCCCCCCCNCc1c2c(nc3ccccc13)-c1cc3ccccc3c(=O)n1C2. The van der Waals surface area contributed by atoms with Crippen LogP contribution in [0.1, 0.15) is 49.7 Å². The summed E-state index contributed by atoms with van der Waals surface area (Å²) in [5.74, 6) is 0. The van der Waals surface area contributed by atoms with Gasteiger partial charge in [0.25, 0.3) is 5.56 Å². The Labute approximate surface area is 231 Å². The minimum atomic E-state index is 0. The molecule has 0 spiro atoms. The van der Waals surface area contributed by atoms with Gasteiger partial charge in [-0.3, -0.25) is 4.79 Å². The van der Waals surface area contributed by atoms with Crippen molar-refractivity contribution in [3.63, 3.8) is 0 Å². The molecule has 0 saturated heterocycles. The van der Waals surface area contributed by atoms with E-state index in [-0.39, 0.29) is 42.8 Å². The van der Waals surface area contributed by atoms with E-state index in [4.69, 9.17) is 10.7 Å². The molecule has 5 rings (SSSR count). The third kappa shape index (κ3) is 6.04. The molecule has 5 nitrogen and oxygen atoms in total. The van der Waals surface area contributed by atoms with E-state index in [0.717, 1.165) is 53.7 Å². The van der Waals surface area contributed by atoms with Crippen LogP contribution in [0.15, 0.2) is 59.4 Å². The van der Waals surface area contributed by atoms with Crippen LogP contribution in [0, 0.1) is 0 Å². The Morgan fingerprint density at radius 3 is 2.31 bits per heavy atom. The molecule has 2 aromatic carbocycles. The number of hydrogen-bond acceptors (Lipinski definition) is 4. The summed E-state index contributed by atoms with van der Waals surface area (Å²) in [4.78, 5) is 18.2. The van der Waals surface area contributed by atoms with Gasteiger partial charge in [-0.25, -0.2) is 4.98 Å². The van der Waals surface area contributed by atoms with Crippen LogP contribution in [-0.2, 0) is 13.1 Å². The first-order chi connectivity index (χ1) is 16.3. The number of aromatic nitrogens is 2. The minimum absolute atomic E-state index is 0. The molecule has 0 fully saturated rings. The van der Waals surface area contributed by atoms with Crippen molar-refractivity contribution in [1.29, 1.82) is 0 Å². The number of nitrogens with two attached hydrogens (primary N) is 1. The molecular weight excluding hydrogens is 515 g/mol. The summed E-state index contributed by atoms with van der Waals surface area (Å²) >= 11 is 0. The third-order valence-corrected chi connectivity index (χ3v) is 6.80. The number of rotatable bonds is 10. The van der Waals surface area contributed by atoms with Gasteiger partial charge in [-0.15, -0.1) is 37.2 Å². The van der Waals surface area contributed by atoms with Gasteiger partial charge < -0.3 is 15.6 Å². The standard InChI is InChI=1S/C28H32N4O.3ClH/c29-15-9-3-1-2-4-10-16-30-18-23-22-13-7-8-14-25(22)31-27-24(23)19-32-26(27)17-20-11-5-6-12-21(20)28(32)33;;;/h5-8,11-14,17,30H,1-4,9-10,15-16,18-19,29H2;3*1H. The van der Waals surface area contributed by atoms with E-state index >= 15 is 0 Å². The zero-order valence-electron chi connectivity index (χ0n) is 20.4. The predicted octanol–water partition coefficient (Wildman–Crippen LogP) is 6.23. The number of para-hydroxylation sites is 1. The first-order valence-corrected chi connectivity index (χ1v) is 12.2. The van der Waals surface area contributed by atoms with Crippen LogP contribution in [0.5, 0.6) is 0 Å². The topological polar surface area (TPSA) is 72.9 Å². The number of pyridine rings is 2. The maximum Gasteiger partial charge on any atom is 0.259 e. The second kappa shape index (κ2) is 14.0. The summed E-state index contributed by atoms with van der Waals surface area (Å²) in [6.45, 7) is 3.18. The number of halogens is 3. The van der Waals surface area contributed by atoms with Crippen molar-refractivity contribution in [3.05, 3.63) is 76.1 Å². The van der Waals surface area contributed by atoms with Crippen molar-refractivity contribution in [3.8, 4) is 11.4 Å². The summed E-state index contributed by atoms with van der Waals surface area (Å²) < 4.78 is 1.89. The summed E-state index contributed by atoms with van der Waals surface area (Å²) in [6.07, 6.45) is 7.37. The van der Waals surface area contributed by atoms with Gasteiger partial charge in [-0.2, -0.15) is 0 Å². The first-order valence-electron chi connectivity index (χ1n) is 12.2. The fourth-order valence-electron chi connectivity index (χ4n) is 5.03. The van der Waals surface area contributed by atoms with Crippen LogP contribution in [0.4, 0.5) is 0 Å². The molecule has 0 unspecified atom stereocenters. The first kappa shape index (κ1) is 30.1. The van der Waals surface area contributed by atoms with Gasteiger partial charge in [0.1, 0.15) is 0 Å². The number of nitrogens with zero attached hydrogens (tertiary/aromatic N) is 2. The summed E-state index contributed by atoms with van der Waals surface area (Å²) in [6, 6.07) is 18.3. The fraction of sp³-hybridized carbons (Fsp3) is 0.357. The third-order valence-electron chi connectivity index (χ3n) is 6.80. The Morgan fingerprint density at radius 2 is 1.53 bits per heavy atom. The van der Waals surface area contributed by atoms with Crippen molar-refractivity contribution in [2.75, 3.05) is 13.1 Å². The molecule has 4 aromatic rings. The zero-order valence-corrected chi connectivity index (χ0v) is 22.8. The van der Waals surface area contributed by atoms with Crippen LogP contribution >= 0.6 is 37.2 Å². The molecule has 3 heterocycles. The number of hydrogen-bond donors (Lipinski definition) is 2. The second-order valence-electron chi connectivity index (χ2n) is 9.03. The molecule has 2 aromatic heterocycles. The molecule has 0 amide bonds. The summed E-state index contributed by atoms with van der Waals surface area (Å²) in [5, 5.41) is 6.58. The van der Waals surface area contributed by atoms with E-state index in [1.807, 2.05) is 34.9 Å². The monoisotopic (exact) mass is 548 g/mol. The smallest absolute Gasteiger partial charge is 0.259 e. The van der Waals surface area contributed by atoms with Crippen molar-refractivity contribution < 1.29 is 0 Å². The van der Waals surface area contributed by atoms with Gasteiger partial charge >= 0.3 is 0 Å². The molecule has 0 saturated carbocycles. The highest BCUT2D eigenvalue weighted by Gasteiger charge is 2.26. The normalized spacial score (nSPS) is 11.4. The lowest BCUT2D eigenvalue weighted by Crippen LogP contribution is -2.20. The molecule has 0 atom stereocenters. The number of unbranched alkanes of at least 4 members (excludes halogenated alkanes) is 5. The van der Waals surface area contributed by atoms with Crippen LogP contribution in [0.2, 0.25) is 0 Å². The molecule has 1 aliphatic heterocycles. The summed E-state index contributed by atoms with van der Waals surface area (Å²) in [7, 11) is 0. The van der Waals surface area contributed by atoms with E-state index < -0.39 is 0 Å². The largest absolute Gasteiger partial charge is 0.330 e. The average molecular weight is 550 g/mol. The van der Waals surface area contributed by atoms with Gasteiger partial charge in [0, 0.05) is 22.9 Å². The lowest BCUT2D eigenvalue weighted by Gasteiger charge is -2.13. The van der Waals surface area contributed by atoms with Crippen molar-refractivity contribution in [2.24, 2.45) is 5.73 Å². The Morgan fingerprint density at radius 1 is 0.861 bits per heavy atom. The highest BCUT2D eigenvalue weighted by molar-refractivity contribution is 5.91. The Balaban J connectivity index is 0.00000152. The lowest BCUT2D eigenvalue weighted by atomic mass is 10.00. The molecule has 0 radical (unpaired) electrons. The summed E-state index contributed by atoms with van der Waals surface area (Å²) in [5.41, 5.74) is 11.0. The van der Waals surface area contributed by atoms with Crippen LogP contribution in [0.25, 0.3) is 33.1 Å². The number of benzene rings is 2. The van der Waals surface area contributed by atoms with Gasteiger partial charge in [0.15, 0.2) is 0 Å². The maximum atomic E-state index is 13.2. The molecule has 3 N–H and O–H groups in total.